The van der Waals surface area contributed by atoms with Gasteiger partial charge in [-0.2, -0.15) is 0 Å². The molecule has 0 aliphatic carbocycles. The zero-order valence-corrected chi connectivity index (χ0v) is 24.1. The van der Waals surface area contributed by atoms with E-state index in [0.717, 1.165) is 40.3 Å². The SMILES string of the molecule is C=C1CCC(=O)N1OC(=O)C(C)(C)C.CC(C)(C)CCCC(=O)N1Cc2ccccc2C#Cc2ccccc21. The number of para-hydroxylation sites is 1. The molecule has 1 saturated heterocycles. The van der Waals surface area contributed by atoms with E-state index in [4.69, 9.17) is 4.84 Å². The van der Waals surface area contributed by atoms with Crippen molar-refractivity contribution in [2.45, 2.75) is 80.2 Å². The van der Waals surface area contributed by atoms with Crippen molar-refractivity contribution in [1.29, 1.82) is 0 Å². The molecule has 2 aromatic rings. The summed E-state index contributed by atoms with van der Waals surface area (Å²) in [6, 6.07) is 16.0. The zero-order valence-electron chi connectivity index (χ0n) is 24.1. The summed E-state index contributed by atoms with van der Waals surface area (Å²) in [4.78, 5) is 42.5. The number of nitrogens with zero attached hydrogens (tertiary/aromatic N) is 2. The second-order valence-corrected chi connectivity index (χ2v) is 12.2. The van der Waals surface area contributed by atoms with Gasteiger partial charge < -0.3 is 9.74 Å². The van der Waals surface area contributed by atoms with Gasteiger partial charge in [0, 0.05) is 24.0 Å². The third-order valence-corrected chi connectivity index (χ3v) is 6.42. The molecular weight excluding hydrogens is 488 g/mol. The maximum absolute atomic E-state index is 13.0. The number of rotatable bonds is 4. The molecule has 0 spiro atoms. The van der Waals surface area contributed by atoms with Crippen LogP contribution in [0.4, 0.5) is 5.69 Å². The Morgan fingerprint density at radius 2 is 1.54 bits per heavy atom. The molecule has 6 nitrogen and oxygen atoms in total. The first-order valence-corrected chi connectivity index (χ1v) is 13.5. The summed E-state index contributed by atoms with van der Waals surface area (Å²) in [5, 5.41) is 1.01. The predicted octanol–water partition coefficient (Wildman–Crippen LogP) is 6.78. The molecule has 0 radical (unpaired) electrons. The quantitative estimate of drug-likeness (QED) is 0.411. The molecule has 0 atom stereocenters. The summed E-state index contributed by atoms with van der Waals surface area (Å²) < 4.78 is 0. The first kappa shape index (κ1) is 29.7. The molecule has 0 unspecified atom stereocenters. The number of hydrogen-bond donors (Lipinski definition) is 0. The minimum Gasteiger partial charge on any atom is -0.333 e. The van der Waals surface area contributed by atoms with E-state index in [1.165, 1.54) is 0 Å². The molecule has 2 heterocycles. The Hall–Kier alpha value is -3.85. The van der Waals surface area contributed by atoms with Crippen LogP contribution in [0.2, 0.25) is 0 Å². The van der Waals surface area contributed by atoms with Crippen LogP contribution in [0.3, 0.4) is 0 Å². The Bertz CT molecular complexity index is 1290. The van der Waals surface area contributed by atoms with E-state index in [1.54, 1.807) is 20.8 Å². The number of allylic oxidation sites excluding steroid dienone is 1. The topological polar surface area (TPSA) is 66.9 Å². The minimum atomic E-state index is -0.608. The van der Waals surface area contributed by atoms with Gasteiger partial charge in [-0.15, -0.1) is 5.06 Å². The van der Waals surface area contributed by atoms with Crippen LogP contribution in [0.5, 0.6) is 0 Å². The molecule has 4 rings (SSSR count). The summed E-state index contributed by atoms with van der Waals surface area (Å²) in [7, 11) is 0. The van der Waals surface area contributed by atoms with E-state index in [-0.39, 0.29) is 17.2 Å². The third kappa shape index (κ3) is 8.32. The Kier molecular flexibility index (Phi) is 9.40. The zero-order chi connectivity index (χ0) is 28.8. The summed E-state index contributed by atoms with van der Waals surface area (Å²) in [5.74, 6) is 6.05. The Labute approximate surface area is 233 Å². The fourth-order valence-corrected chi connectivity index (χ4v) is 4.08. The first-order valence-electron chi connectivity index (χ1n) is 13.5. The summed E-state index contributed by atoms with van der Waals surface area (Å²) >= 11 is 0. The lowest BCUT2D eigenvalue weighted by molar-refractivity contribution is -0.194. The lowest BCUT2D eigenvalue weighted by Gasteiger charge is -2.26. The van der Waals surface area contributed by atoms with Crippen LogP contribution in [-0.2, 0) is 25.8 Å². The van der Waals surface area contributed by atoms with Gasteiger partial charge in [0.15, 0.2) is 0 Å². The van der Waals surface area contributed by atoms with Crippen molar-refractivity contribution in [2.24, 2.45) is 10.8 Å². The van der Waals surface area contributed by atoms with E-state index in [1.807, 2.05) is 47.4 Å². The van der Waals surface area contributed by atoms with Gasteiger partial charge in [-0.25, -0.2) is 4.79 Å². The van der Waals surface area contributed by atoms with Gasteiger partial charge in [0.1, 0.15) is 0 Å². The van der Waals surface area contributed by atoms with Crippen molar-refractivity contribution < 1.29 is 19.2 Å². The van der Waals surface area contributed by atoms with E-state index in [9.17, 15) is 14.4 Å². The normalized spacial score (nSPS) is 14.6. The predicted molar refractivity (Wildman–Crippen MR) is 154 cm³/mol. The number of anilines is 1. The molecule has 1 fully saturated rings. The molecule has 6 heteroatoms. The maximum Gasteiger partial charge on any atom is 0.338 e. The van der Waals surface area contributed by atoms with Gasteiger partial charge in [-0.3, -0.25) is 9.59 Å². The molecule has 0 aromatic heterocycles. The maximum atomic E-state index is 13.0. The van der Waals surface area contributed by atoms with Crippen molar-refractivity contribution in [3.8, 4) is 11.8 Å². The molecule has 0 bridgehead atoms. The molecule has 0 saturated carbocycles. The van der Waals surface area contributed by atoms with Crippen molar-refractivity contribution in [2.75, 3.05) is 4.90 Å². The van der Waals surface area contributed by atoms with Gasteiger partial charge in [0.2, 0.25) is 5.91 Å². The molecule has 2 amide bonds. The van der Waals surface area contributed by atoms with Crippen LogP contribution in [0, 0.1) is 22.7 Å². The average Bonchev–Trinajstić information content (AvgIpc) is 3.16. The van der Waals surface area contributed by atoms with Gasteiger partial charge >= 0.3 is 5.97 Å². The molecule has 0 N–H and O–H groups in total. The fraction of sp³-hybridized carbons (Fsp3) is 0.424. The molecule has 2 aromatic carbocycles. The Morgan fingerprint density at radius 1 is 0.923 bits per heavy atom. The van der Waals surface area contributed by atoms with Crippen LogP contribution >= 0.6 is 0 Å². The van der Waals surface area contributed by atoms with Crippen molar-refractivity contribution in [3.05, 3.63) is 77.5 Å². The van der Waals surface area contributed by atoms with Crippen LogP contribution in [-0.4, -0.2) is 22.8 Å². The lowest BCUT2D eigenvalue weighted by Crippen LogP contribution is -2.33. The summed E-state index contributed by atoms with van der Waals surface area (Å²) in [5.41, 5.74) is 4.15. The highest BCUT2D eigenvalue weighted by atomic mass is 16.7. The summed E-state index contributed by atoms with van der Waals surface area (Å²) in [6.07, 6.45) is 3.46. The van der Waals surface area contributed by atoms with Gasteiger partial charge in [0.05, 0.1) is 23.3 Å². The van der Waals surface area contributed by atoms with Crippen LogP contribution < -0.4 is 4.90 Å². The van der Waals surface area contributed by atoms with E-state index in [0.29, 0.717) is 31.5 Å². The van der Waals surface area contributed by atoms with Gasteiger partial charge in [0.25, 0.3) is 5.91 Å². The Balaban J connectivity index is 0.000000255. The van der Waals surface area contributed by atoms with Gasteiger partial charge in [-0.05, 0) is 69.2 Å². The smallest absolute Gasteiger partial charge is 0.333 e. The fourth-order valence-electron chi connectivity index (χ4n) is 4.08. The third-order valence-electron chi connectivity index (χ3n) is 6.42. The number of hydrogen-bond acceptors (Lipinski definition) is 4. The number of benzene rings is 2. The molecule has 2 aliphatic heterocycles. The lowest BCUT2D eigenvalue weighted by atomic mass is 9.89. The second kappa shape index (κ2) is 12.3. The monoisotopic (exact) mass is 528 g/mol. The molecule has 206 valence electrons. The molecule has 2 aliphatic rings. The number of carbonyl (C=O) groups is 3. The van der Waals surface area contributed by atoms with E-state index in [2.05, 4.69) is 45.3 Å². The van der Waals surface area contributed by atoms with Gasteiger partial charge in [-0.1, -0.05) is 69.5 Å². The van der Waals surface area contributed by atoms with Crippen LogP contribution in [0.15, 0.2) is 60.8 Å². The standard InChI is InChI=1S/C23H25NO.C10H15NO3/c1-23(2,3)16-8-13-22(25)24-17-20-11-5-4-9-18(20)14-15-19-10-6-7-12-21(19)24;1-7-5-6-8(12)11(7)14-9(13)10(2,3)4/h4-7,9-12H,8,13,16-17H2,1-3H3;1,5-6H2,2-4H3. The first-order chi connectivity index (χ1) is 18.3. The number of amides is 2. The minimum absolute atomic E-state index is 0.176. The average molecular weight is 529 g/mol. The largest absolute Gasteiger partial charge is 0.338 e. The number of fused-ring (bicyclic) bond motifs is 2. The molecular formula is C33H40N2O4. The highest BCUT2D eigenvalue weighted by Crippen LogP contribution is 2.28. The molecule has 39 heavy (non-hydrogen) atoms. The van der Waals surface area contributed by atoms with E-state index < -0.39 is 11.4 Å². The number of hydroxylamine groups is 2. The summed E-state index contributed by atoms with van der Waals surface area (Å²) in [6.45, 7) is 16.1. The Morgan fingerprint density at radius 3 is 2.15 bits per heavy atom. The van der Waals surface area contributed by atoms with Crippen LogP contribution in [0.1, 0.15) is 90.3 Å². The van der Waals surface area contributed by atoms with Crippen LogP contribution in [0.25, 0.3) is 0 Å². The number of carbonyl (C=O) groups excluding carboxylic acids is 3. The van der Waals surface area contributed by atoms with Crippen molar-refractivity contribution >= 4 is 23.5 Å². The van der Waals surface area contributed by atoms with E-state index >= 15 is 0 Å². The second-order valence-electron chi connectivity index (χ2n) is 12.2. The van der Waals surface area contributed by atoms with Crippen molar-refractivity contribution in [3.63, 3.8) is 0 Å². The highest BCUT2D eigenvalue weighted by molar-refractivity contribution is 5.95. The van der Waals surface area contributed by atoms with Crippen molar-refractivity contribution in [1.82, 2.24) is 5.06 Å². The highest BCUT2D eigenvalue weighted by Gasteiger charge is 2.32.